The van der Waals surface area contributed by atoms with E-state index in [9.17, 15) is 0 Å². The molecule has 170 valence electrons. The summed E-state index contributed by atoms with van der Waals surface area (Å²) < 4.78 is 2.11. The minimum absolute atomic E-state index is 0.189. The Balaban J connectivity index is 1.41. The van der Waals surface area contributed by atoms with Crippen molar-refractivity contribution in [1.82, 2.24) is 19.9 Å². The Morgan fingerprint density at radius 2 is 1.66 bits per heavy atom. The molecule has 2 aromatic carbocycles. The van der Waals surface area contributed by atoms with Crippen molar-refractivity contribution in [3.8, 4) is 0 Å². The van der Waals surface area contributed by atoms with E-state index >= 15 is 0 Å². The summed E-state index contributed by atoms with van der Waals surface area (Å²) in [4.78, 5) is 3.88. The Labute approximate surface area is 197 Å². The highest BCUT2D eigenvalue weighted by atomic mass is 32.2. The molecule has 0 spiro atoms. The first-order chi connectivity index (χ1) is 15.5. The van der Waals surface area contributed by atoms with Crippen molar-refractivity contribution in [3.05, 3.63) is 77.6 Å². The molecule has 1 aromatic heterocycles. The maximum absolute atomic E-state index is 4.56. The van der Waals surface area contributed by atoms with E-state index in [-0.39, 0.29) is 5.41 Å². The first-order valence-electron chi connectivity index (χ1n) is 11.9. The molecule has 0 amide bonds. The second-order valence-electron chi connectivity index (χ2n) is 9.96. The van der Waals surface area contributed by atoms with Crippen LogP contribution in [0.2, 0.25) is 0 Å². The highest BCUT2D eigenvalue weighted by Gasteiger charge is 2.20. The number of piperidine rings is 1. The van der Waals surface area contributed by atoms with Gasteiger partial charge in [0, 0.05) is 23.4 Å². The van der Waals surface area contributed by atoms with E-state index in [1.807, 2.05) is 11.8 Å². The minimum atomic E-state index is 0.189. The van der Waals surface area contributed by atoms with Gasteiger partial charge in [-0.15, -0.1) is 16.9 Å². The molecule has 1 atom stereocenters. The van der Waals surface area contributed by atoms with Crippen LogP contribution < -0.4 is 0 Å². The molecule has 1 aliphatic rings. The lowest BCUT2D eigenvalue weighted by Gasteiger charge is -2.30. The predicted octanol–water partition coefficient (Wildman–Crippen LogP) is 6.14. The van der Waals surface area contributed by atoms with E-state index in [0.29, 0.717) is 6.04 Å². The summed E-state index contributed by atoms with van der Waals surface area (Å²) in [5, 5.41) is 9.08. The quantitative estimate of drug-likeness (QED) is 0.388. The van der Waals surface area contributed by atoms with E-state index in [4.69, 9.17) is 0 Å². The zero-order chi connectivity index (χ0) is 22.4. The standard InChI is InChI=1S/C27H36N4S/c1-27(2,3)23-12-14-26(15-13-23)32-21-24-19-31(29-28-24)25(18-22-10-6-4-7-11-22)20-30-16-8-5-9-17-30/h4,6-7,10-15,19,25H,5,8-9,16-18,20-21H2,1-3H3/t25-/m1/s1. The summed E-state index contributed by atoms with van der Waals surface area (Å²) in [7, 11) is 0. The fourth-order valence-corrected chi connectivity index (χ4v) is 5.11. The third kappa shape index (κ3) is 6.46. The van der Waals surface area contributed by atoms with Gasteiger partial charge in [0.25, 0.3) is 0 Å². The molecule has 4 nitrogen and oxygen atoms in total. The zero-order valence-corrected chi connectivity index (χ0v) is 20.5. The van der Waals surface area contributed by atoms with Gasteiger partial charge in [0.05, 0.1) is 11.7 Å². The lowest BCUT2D eigenvalue weighted by atomic mass is 9.87. The Kier molecular flexibility index (Phi) is 7.69. The van der Waals surface area contributed by atoms with Gasteiger partial charge >= 0.3 is 0 Å². The molecule has 1 fully saturated rings. The van der Waals surface area contributed by atoms with Crippen molar-refractivity contribution >= 4 is 11.8 Å². The molecule has 0 radical (unpaired) electrons. The van der Waals surface area contributed by atoms with Crippen LogP contribution in [0.4, 0.5) is 0 Å². The van der Waals surface area contributed by atoms with E-state index < -0.39 is 0 Å². The van der Waals surface area contributed by atoms with Crippen molar-refractivity contribution in [2.75, 3.05) is 19.6 Å². The molecule has 2 heterocycles. The molecule has 0 unspecified atom stereocenters. The molecule has 3 aromatic rings. The Morgan fingerprint density at radius 1 is 0.938 bits per heavy atom. The monoisotopic (exact) mass is 448 g/mol. The van der Waals surface area contributed by atoms with E-state index in [1.54, 1.807) is 0 Å². The first-order valence-corrected chi connectivity index (χ1v) is 12.9. The highest BCUT2D eigenvalue weighted by Crippen LogP contribution is 2.27. The van der Waals surface area contributed by atoms with Gasteiger partial charge in [0.2, 0.25) is 0 Å². The van der Waals surface area contributed by atoms with Crippen molar-refractivity contribution < 1.29 is 0 Å². The molecule has 0 N–H and O–H groups in total. The average molecular weight is 449 g/mol. The van der Waals surface area contributed by atoms with Crippen molar-refractivity contribution in [2.24, 2.45) is 0 Å². The highest BCUT2D eigenvalue weighted by molar-refractivity contribution is 7.98. The minimum Gasteiger partial charge on any atom is -0.301 e. The van der Waals surface area contributed by atoms with Crippen LogP contribution in [0, 0.1) is 0 Å². The summed E-state index contributed by atoms with van der Waals surface area (Å²) in [5.41, 5.74) is 3.97. The van der Waals surface area contributed by atoms with Crippen molar-refractivity contribution in [1.29, 1.82) is 0 Å². The number of benzene rings is 2. The van der Waals surface area contributed by atoms with Gasteiger partial charge in [0.1, 0.15) is 0 Å². The van der Waals surface area contributed by atoms with Gasteiger partial charge in [-0.25, -0.2) is 4.68 Å². The SMILES string of the molecule is CC(C)(C)c1ccc(SCc2cn([C@H](Cc3ccccc3)CN3CCCCC3)nn2)cc1. The molecule has 0 bridgehead atoms. The van der Waals surface area contributed by atoms with Gasteiger partial charge in [-0.05, 0) is 61.0 Å². The van der Waals surface area contributed by atoms with Gasteiger partial charge in [-0.1, -0.05) is 74.9 Å². The van der Waals surface area contributed by atoms with Gasteiger partial charge in [-0.2, -0.15) is 0 Å². The number of hydrogen-bond donors (Lipinski definition) is 0. The molecule has 0 aliphatic carbocycles. The zero-order valence-electron chi connectivity index (χ0n) is 19.7. The maximum Gasteiger partial charge on any atom is 0.0929 e. The number of thioether (sulfide) groups is 1. The van der Waals surface area contributed by atoms with E-state index in [1.165, 1.54) is 48.4 Å². The van der Waals surface area contributed by atoms with Crippen LogP contribution in [0.1, 0.15) is 62.9 Å². The fourth-order valence-electron chi connectivity index (χ4n) is 4.33. The summed E-state index contributed by atoms with van der Waals surface area (Å²) in [6.07, 6.45) is 7.13. The summed E-state index contributed by atoms with van der Waals surface area (Å²) in [6.45, 7) is 10.2. The van der Waals surface area contributed by atoms with Crippen LogP contribution in [0.3, 0.4) is 0 Å². The summed E-state index contributed by atoms with van der Waals surface area (Å²) in [5.74, 6) is 0.844. The topological polar surface area (TPSA) is 34.0 Å². The van der Waals surface area contributed by atoms with Crippen molar-refractivity contribution in [2.45, 2.75) is 68.6 Å². The lowest BCUT2D eigenvalue weighted by molar-refractivity contribution is 0.189. The molecule has 0 saturated carbocycles. The second-order valence-corrected chi connectivity index (χ2v) is 11.0. The van der Waals surface area contributed by atoms with Crippen LogP contribution in [0.25, 0.3) is 0 Å². The van der Waals surface area contributed by atoms with E-state index in [0.717, 1.165) is 24.4 Å². The maximum atomic E-state index is 4.56. The predicted molar refractivity (Wildman–Crippen MR) is 134 cm³/mol. The molecular formula is C27H36N4S. The molecule has 5 heteroatoms. The third-order valence-electron chi connectivity index (χ3n) is 6.27. The molecular weight excluding hydrogens is 412 g/mol. The fraction of sp³-hybridized carbons (Fsp3) is 0.481. The molecule has 32 heavy (non-hydrogen) atoms. The average Bonchev–Trinajstić information content (AvgIpc) is 3.27. The molecule has 4 rings (SSSR count). The number of rotatable bonds is 8. The smallest absolute Gasteiger partial charge is 0.0929 e. The second kappa shape index (κ2) is 10.7. The van der Waals surface area contributed by atoms with Crippen LogP contribution >= 0.6 is 11.8 Å². The van der Waals surface area contributed by atoms with Gasteiger partial charge < -0.3 is 4.90 Å². The molecule has 1 aliphatic heterocycles. The number of aromatic nitrogens is 3. The van der Waals surface area contributed by atoms with Crippen LogP contribution in [-0.2, 0) is 17.6 Å². The van der Waals surface area contributed by atoms with Crippen LogP contribution in [0.15, 0.2) is 65.7 Å². The summed E-state index contributed by atoms with van der Waals surface area (Å²) in [6, 6.07) is 20.0. The van der Waals surface area contributed by atoms with Crippen LogP contribution in [0.5, 0.6) is 0 Å². The number of likely N-dealkylation sites (tertiary alicyclic amines) is 1. The van der Waals surface area contributed by atoms with Crippen LogP contribution in [-0.4, -0.2) is 39.5 Å². The van der Waals surface area contributed by atoms with Crippen molar-refractivity contribution in [3.63, 3.8) is 0 Å². The number of hydrogen-bond acceptors (Lipinski definition) is 4. The number of nitrogens with zero attached hydrogens (tertiary/aromatic N) is 4. The largest absolute Gasteiger partial charge is 0.301 e. The molecule has 1 saturated heterocycles. The van der Waals surface area contributed by atoms with Gasteiger partial charge in [0.15, 0.2) is 0 Å². The third-order valence-corrected chi connectivity index (χ3v) is 7.32. The Hall–Kier alpha value is -2.11. The lowest BCUT2D eigenvalue weighted by Crippen LogP contribution is -2.36. The van der Waals surface area contributed by atoms with E-state index in [2.05, 4.69) is 101 Å². The Bertz CT molecular complexity index is 953. The normalized spacial score (nSPS) is 16.2. The first kappa shape index (κ1) is 23.1. The summed E-state index contributed by atoms with van der Waals surface area (Å²) >= 11 is 1.83. The van der Waals surface area contributed by atoms with Gasteiger partial charge in [-0.3, -0.25) is 0 Å². The Morgan fingerprint density at radius 3 is 2.34 bits per heavy atom.